The average molecular weight is 231 g/mol. The van der Waals surface area contributed by atoms with Crippen molar-refractivity contribution in [2.24, 2.45) is 5.41 Å². The third-order valence-corrected chi connectivity index (χ3v) is 2.74. The van der Waals surface area contributed by atoms with Crippen molar-refractivity contribution in [3.8, 4) is 0 Å². The second kappa shape index (κ2) is 5.67. The molecule has 0 spiro atoms. The molecular formula is C15H21NO. The number of aryl methyl sites for hydroxylation is 1. The van der Waals surface area contributed by atoms with E-state index in [2.05, 4.69) is 25.7 Å². The van der Waals surface area contributed by atoms with E-state index in [1.165, 1.54) is 0 Å². The summed E-state index contributed by atoms with van der Waals surface area (Å²) in [4.78, 5) is 11.9. The number of hydrogen-bond acceptors (Lipinski definition) is 1. The van der Waals surface area contributed by atoms with Crippen molar-refractivity contribution in [3.63, 3.8) is 0 Å². The van der Waals surface area contributed by atoms with Gasteiger partial charge in [0.2, 0.25) is 0 Å². The van der Waals surface area contributed by atoms with Gasteiger partial charge in [0.25, 0.3) is 5.91 Å². The van der Waals surface area contributed by atoms with Crippen molar-refractivity contribution in [1.82, 2.24) is 5.32 Å². The molecule has 0 aliphatic carbocycles. The Morgan fingerprint density at radius 1 is 1.35 bits per heavy atom. The number of amides is 1. The smallest absolute Gasteiger partial charge is 0.251 e. The summed E-state index contributed by atoms with van der Waals surface area (Å²) >= 11 is 0. The molecule has 0 radical (unpaired) electrons. The Balaban J connectivity index is 2.55. The quantitative estimate of drug-likeness (QED) is 0.774. The van der Waals surface area contributed by atoms with Crippen LogP contribution >= 0.6 is 0 Å². The minimum Gasteiger partial charge on any atom is -0.351 e. The van der Waals surface area contributed by atoms with E-state index in [1.54, 1.807) is 0 Å². The van der Waals surface area contributed by atoms with Crippen LogP contribution in [-0.2, 0) is 0 Å². The Morgan fingerprint density at radius 3 is 2.47 bits per heavy atom. The van der Waals surface area contributed by atoms with Crippen molar-refractivity contribution >= 4 is 5.91 Å². The number of rotatable bonds is 5. The fraction of sp³-hybridized carbons (Fsp3) is 0.400. The number of carbonyl (C=O) groups is 1. The van der Waals surface area contributed by atoms with E-state index in [0.29, 0.717) is 12.1 Å². The number of allylic oxidation sites excluding steroid dienone is 1. The van der Waals surface area contributed by atoms with Crippen LogP contribution in [0.2, 0.25) is 0 Å². The van der Waals surface area contributed by atoms with Crippen LogP contribution in [0.3, 0.4) is 0 Å². The van der Waals surface area contributed by atoms with Gasteiger partial charge in [-0.05, 0) is 30.9 Å². The highest BCUT2D eigenvalue weighted by atomic mass is 16.1. The lowest BCUT2D eigenvalue weighted by atomic mass is 9.89. The topological polar surface area (TPSA) is 29.1 Å². The van der Waals surface area contributed by atoms with Crippen LogP contribution in [-0.4, -0.2) is 12.5 Å². The van der Waals surface area contributed by atoms with Crippen LogP contribution in [0.15, 0.2) is 36.9 Å². The summed E-state index contributed by atoms with van der Waals surface area (Å²) in [5.41, 5.74) is 1.93. The predicted octanol–water partition coefficient (Wildman–Crippen LogP) is 3.33. The molecule has 0 saturated heterocycles. The molecule has 1 rings (SSSR count). The van der Waals surface area contributed by atoms with Crippen LogP contribution < -0.4 is 5.32 Å². The first-order valence-electron chi connectivity index (χ1n) is 5.90. The first kappa shape index (κ1) is 13.5. The third-order valence-electron chi connectivity index (χ3n) is 2.74. The monoisotopic (exact) mass is 231 g/mol. The zero-order valence-electron chi connectivity index (χ0n) is 10.9. The van der Waals surface area contributed by atoms with Gasteiger partial charge in [-0.25, -0.2) is 0 Å². The van der Waals surface area contributed by atoms with E-state index >= 15 is 0 Å². The number of hydrogen-bond donors (Lipinski definition) is 1. The third kappa shape index (κ3) is 4.43. The van der Waals surface area contributed by atoms with Crippen molar-refractivity contribution in [2.75, 3.05) is 6.54 Å². The van der Waals surface area contributed by atoms with Gasteiger partial charge in [-0.3, -0.25) is 4.79 Å². The molecule has 2 nitrogen and oxygen atoms in total. The highest BCUT2D eigenvalue weighted by Crippen LogP contribution is 2.19. The molecule has 0 heterocycles. The lowest BCUT2D eigenvalue weighted by Crippen LogP contribution is -2.33. The standard InChI is InChI=1S/C15H21NO/c1-5-10-15(3,4)11-16-14(17)13-8-6-12(2)7-9-13/h5-9H,1,10-11H2,2-4H3,(H,16,17). The van der Waals surface area contributed by atoms with E-state index in [4.69, 9.17) is 0 Å². The molecule has 1 aromatic carbocycles. The predicted molar refractivity (Wildman–Crippen MR) is 72.1 cm³/mol. The molecule has 1 aromatic rings. The van der Waals surface area contributed by atoms with Gasteiger partial charge in [0.1, 0.15) is 0 Å². The van der Waals surface area contributed by atoms with E-state index < -0.39 is 0 Å². The van der Waals surface area contributed by atoms with Crippen molar-refractivity contribution in [2.45, 2.75) is 27.2 Å². The zero-order chi connectivity index (χ0) is 12.9. The first-order valence-corrected chi connectivity index (χ1v) is 5.90. The van der Waals surface area contributed by atoms with Gasteiger partial charge < -0.3 is 5.32 Å². The summed E-state index contributed by atoms with van der Waals surface area (Å²) in [7, 11) is 0. The molecule has 1 amide bonds. The summed E-state index contributed by atoms with van der Waals surface area (Å²) in [6.45, 7) is 10.6. The molecule has 0 unspecified atom stereocenters. The van der Waals surface area contributed by atoms with Crippen LogP contribution in [0.25, 0.3) is 0 Å². The Labute approximate surface area is 104 Å². The lowest BCUT2D eigenvalue weighted by molar-refractivity contribution is 0.0937. The molecule has 1 N–H and O–H groups in total. The molecule has 92 valence electrons. The highest BCUT2D eigenvalue weighted by molar-refractivity contribution is 5.94. The summed E-state index contributed by atoms with van der Waals surface area (Å²) in [5, 5.41) is 2.96. The molecule has 0 aliphatic rings. The van der Waals surface area contributed by atoms with Crippen molar-refractivity contribution in [3.05, 3.63) is 48.0 Å². The molecule has 0 fully saturated rings. The van der Waals surface area contributed by atoms with Gasteiger partial charge >= 0.3 is 0 Å². The summed E-state index contributed by atoms with van der Waals surface area (Å²) in [5.74, 6) is -0.0119. The summed E-state index contributed by atoms with van der Waals surface area (Å²) in [6, 6.07) is 7.60. The number of benzene rings is 1. The number of nitrogens with one attached hydrogen (secondary N) is 1. The van der Waals surface area contributed by atoms with E-state index in [0.717, 1.165) is 12.0 Å². The molecule has 2 heteroatoms. The van der Waals surface area contributed by atoms with Crippen molar-refractivity contribution in [1.29, 1.82) is 0 Å². The Kier molecular flexibility index (Phi) is 4.50. The minimum atomic E-state index is -0.0119. The van der Waals surface area contributed by atoms with Gasteiger partial charge in [-0.1, -0.05) is 37.6 Å². The zero-order valence-corrected chi connectivity index (χ0v) is 10.9. The van der Waals surface area contributed by atoms with E-state index in [-0.39, 0.29) is 11.3 Å². The fourth-order valence-corrected chi connectivity index (χ4v) is 1.59. The maximum absolute atomic E-state index is 11.9. The molecule has 0 bridgehead atoms. The second-order valence-corrected chi connectivity index (χ2v) is 5.21. The average Bonchev–Trinajstić information content (AvgIpc) is 2.27. The van der Waals surface area contributed by atoms with Gasteiger partial charge in [0.15, 0.2) is 0 Å². The Hall–Kier alpha value is -1.57. The van der Waals surface area contributed by atoms with Crippen molar-refractivity contribution < 1.29 is 4.79 Å². The van der Waals surface area contributed by atoms with Crippen LogP contribution in [0.5, 0.6) is 0 Å². The lowest BCUT2D eigenvalue weighted by Gasteiger charge is -2.23. The molecule has 17 heavy (non-hydrogen) atoms. The fourth-order valence-electron chi connectivity index (χ4n) is 1.59. The minimum absolute atomic E-state index is 0.0119. The van der Waals surface area contributed by atoms with Crippen LogP contribution in [0.4, 0.5) is 0 Å². The summed E-state index contributed by atoms with van der Waals surface area (Å²) in [6.07, 6.45) is 2.78. The summed E-state index contributed by atoms with van der Waals surface area (Å²) < 4.78 is 0. The van der Waals surface area contributed by atoms with E-state index in [9.17, 15) is 4.79 Å². The normalized spacial score (nSPS) is 11.0. The SMILES string of the molecule is C=CCC(C)(C)CNC(=O)c1ccc(C)cc1. The maximum Gasteiger partial charge on any atom is 0.251 e. The maximum atomic E-state index is 11.9. The van der Waals surface area contributed by atoms with Gasteiger partial charge in [0, 0.05) is 12.1 Å². The van der Waals surface area contributed by atoms with Gasteiger partial charge in [0.05, 0.1) is 0 Å². The highest BCUT2D eigenvalue weighted by Gasteiger charge is 2.17. The van der Waals surface area contributed by atoms with Gasteiger partial charge in [-0.2, -0.15) is 0 Å². The second-order valence-electron chi connectivity index (χ2n) is 5.21. The molecule has 0 aliphatic heterocycles. The molecule has 0 saturated carbocycles. The first-order chi connectivity index (χ1) is 7.94. The molecular weight excluding hydrogens is 210 g/mol. The van der Waals surface area contributed by atoms with Crippen LogP contribution in [0, 0.1) is 12.3 Å². The van der Waals surface area contributed by atoms with E-state index in [1.807, 2.05) is 37.3 Å². The number of carbonyl (C=O) groups excluding carboxylic acids is 1. The molecule has 0 atom stereocenters. The Morgan fingerprint density at radius 2 is 1.94 bits per heavy atom. The Bertz CT molecular complexity index is 390. The largest absolute Gasteiger partial charge is 0.351 e. The molecule has 0 aromatic heterocycles. The van der Waals surface area contributed by atoms with Gasteiger partial charge in [-0.15, -0.1) is 6.58 Å². The van der Waals surface area contributed by atoms with Crippen LogP contribution in [0.1, 0.15) is 36.2 Å².